The second-order valence-corrected chi connectivity index (χ2v) is 6.87. The molecule has 0 bridgehead atoms. The molecule has 7 nitrogen and oxygen atoms in total. The highest BCUT2D eigenvalue weighted by atomic mass is 16.5. The zero-order chi connectivity index (χ0) is 21.5. The lowest BCUT2D eigenvalue weighted by atomic mass is 10.1. The molecule has 4 rings (SSSR count). The van der Waals surface area contributed by atoms with E-state index >= 15 is 0 Å². The smallest absolute Gasteiger partial charge is 0.272 e. The summed E-state index contributed by atoms with van der Waals surface area (Å²) < 4.78 is 16.2. The maximum absolute atomic E-state index is 12.7. The molecule has 0 saturated heterocycles. The fraction of sp³-hybridized carbons (Fsp3) is 0.167. The van der Waals surface area contributed by atoms with Crippen molar-refractivity contribution in [3.8, 4) is 28.3 Å². The van der Waals surface area contributed by atoms with E-state index in [1.165, 1.54) is 6.39 Å². The summed E-state index contributed by atoms with van der Waals surface area (Å²) in [5.41, 5.74) is 3.75. The number of aromatic nitrogens is 2. The number of hydrogen-bond donors (Lipinski definition) is 2. The summed E-state index contributed by atoms with van der Waals surface area (Å²) in [5.74, 6) is 1.21. The van der Waals surface area contributed by atoms with Gasteiger partial charge < -0.3 is 24.2 Å². The number of para-hydroxylation sites is 1. The molecule has 7 heteroatoms. The number of benzene rings is 2. The second kappa shape index (κ2) is 9.77. The number of amides is 1. The van der Waals surface area contributed by atoms with Crippen molar-refractivity contribution < 1.29 is 18.7 Å². The van der Waals surface area contributed by atoms with Crippen LogP contribution in [-0.2, 0) is 4.74 Å². The molecule has 4 aromatic rings. The lowest BCUT2D eigenvalue weighted by Crippen LogP contribution is -2.12. The number of ether oxygens (including phenoxy) is 2. The molecule has 158 valence electrons. The first-order chi connectivity index (χ1) is 15.2. The van der Waals surface area contributed by atoms with E-state index in [1.54, 1.807) is 19.4 Å². The average molecular weight is 417 g/mol. The molecule has 0 aliphatic rings. The van der Waals surface area contributed by atoms with Crippen LogP contribution >= 0.6 is 0 Å². The van der Waals surface area contributed by atoms with E-state index in [1.807, 2.05) is 54.6 Å². The molecule has 2 aromatic heterocycles. The molecule has 0 unspecified atom stereocenters. The Morgan fingerprint density at radius 2 is 1.90 bits per heavy atom. The highest BCUT2D eigenvalue weighted by Crippen LogP contribution is 2.29. The third-order valence-electron chi connectivity index (χ3n) is 4.72. The number of nitrogens with one attached hydrogen (secondary N) is 2. The monoisotopic (exact) mass is 417 g/mol. The number of carbonyl (C=O) groups is 1. The van der Waals surface area contributed by atoms with Crippen LogP contribution < -0.4 is 10.1 Å². The fourth-order valence-corrected chi connectivity index (χ4v) is 3.16. The molecule has 2 heterocycles. The van der Waals surface area contributed by atoms with E-state index in [4.69, 9.17) is 13.9 Å². The number of aromatic amines is 1. The molecule has 0 aliphatic heterocycles. The summed E-state index contributed by atoms with van der Waals surface area (Å²) >= 11 is 0. The Bertz CT molecular complexity index is 1120. The van der Waals surface area contributed by atoms with Gasteiger partial charge in [0.1, 0.15) is 11.4 Å². The number of rotatable bonds is 9. The van der Waals surface area contributed by atoms with Crippen molar-refractivity contribution in [2.75, 3.05) is 25.6 Å². The number of nitrogens with zero attached hydrogens (tertiary/aromatic N) is 1. The highest BCUT2D eigenvalue weighted by molar-refractivity contribution is 6.03. The number of carbonyl (C=O) groups excluding carboxylic acids is 1. The molecular formula is C24H23N3O4. The Morgan fingerprint density at radius 1 is 1.06 bits per heavy atom. The van der Waals surface area contributed by atoms with Crippen molar-refractivity contribution in [2.24, 2.45) is 0 Å². The quantitative estimate of drug-likeness (QED) is 0.374. The van der Waals surface area contributed by atoms with Crippen LogP contribution in [0.2, 0.25) is 0 Å². The van der Waals surface area contributed by atoms with Crippen molar-refractivity contribution in [1.82, 2.24) is 9.97 Å². The van der Waals surface area contributed by atoms with Gasteiger partial charge in [-0.15, -0.1) is 0 Å². The standard InChI is InChI=1S/C24H23N3O4/c1-29-13-4-14-30-22-6-3-2-5-19(22)20-11-12-21(27-20)24(28)26-18-9-7-17(8-10-18)23-15-25-16-31-23/h2-3,5-12,15-16,27H,4,13-14H2,1H3,(H,26,28). The van der Waals surface area contributed by atoms with Gasteiger partial charge in [-0.2, -0.15) is 0 Å². The lowest BCUT2D eigenvalue weighted by Gasteiger charge is -2.10. The third kappa shape index (κ3) is 5.02. The van der Waals surface area contributed by atoms with Crippen molar-refractivity contribution in [3.05, 3.63) is 78.9 Å². The maximum atomic E-state index is 12.7. The average Bonchev–Trinajstić information content (AvgIpc) is 3.50. The van der Waals surface area contributed by atoms with E-state index in [0.717, 1.165) is 29.0 Å². The number of oxazole rings is 1. The molecule has 0 aliphatic carbocycles. The summed E-state index contributed by atoms with van der Waals surface area (Å²) in [6.45, 7) is 1.21. The van der Waals surface area contributed by atoms with Crippen molar-refractivity contribution >= 4 is 11.6 Å². The first-order valence-electron chi connectivity index (χ1n) is 9.95. The van der Waals surface area contributed by atoms with Gasteiger partial charge in [0, 0.05) is 42.6 Å². The first kappa shape index (κ1) is 20.4. The van der Waals surface area contributed by atoms with E-state index in [0.29, 0.717) is 30.4 Å². The summed E-state index contributed by atoms with van der Waals surface area (Å²) in [4.78, 5) is 19.8. The summed E-state index contributed by atoms with van der Waals surface area (Å²) in [5, 5.41) is 2.90. The van der Waals surface area contributed by atoms with Crippen LogP contribution in [0, 0.1) is 0 Å². The van der Waals surface area contributed by atoms with Crippen LogP contribution in [0.15, 0.2) is 77.7 Å². The van der Waals surface area contributed by atoms with Gasteiger partial charge in [0.05, 0.1) is 12.8 Å². The molecule has 0 atom stereocenters. The van der Waals surface area contributed by atoms with Crippen LogP contribution in [0.5, 0.6) is 5.75 Å². The molecule has 0 saturated carbocycles. The van der Waals surface area contributed by atoms with E-state index in [-0.39, 0.29) is 5.91 Å². The minimum absolute atomic E-state index is 0.225. The van der Waals surface area contributed by atoms with E-state index in [9.17, 15) is 4.79 Å². The minimum atomic E-state index is -0.225. The van der Waals surface area contributed by atoms with Gasteiger partial charge in [-0.05, 0) is 48.5 Å². The zero-order valence-electron chi connectivity index (χ0n) is 17.1. The molecular weight excluding hydrogens is 394 g/mol. The van der Waals surface area contributed by atoms with E-state index < -0.39 is 0 Å². The summed E-state index contributed by atoms with van der Waals surface area (Å²) in [7, 11) is 1.67. The number of H-pyrrole nitrogens is 1. The predicted molar refractivity (Wildman–Crippen MR) is 118 cm³/mol. The molecule has 0 radical (unpaired) electrons. The predicted octanol–water partition coefficient (Wildman–Crippen LogP) is 5.00. The van der Waals surface area contributed by atoms with Crippen LogP contribution in [0.3, 0.4) is 0 Å². The first-order valence-corrected chi connectivity index (χ1v) is 9.95. The van der Waals surface area contributed by atoms with Gasteiger partial charge in [0.15, 0.2) is 12.2 Å². The zero-order valence-corrected chi connectivity index (χ0v) is 17.1. The van der Waals surface area contributed by atoms with Crippen molar-refractivity contribution in [2.45, 2.75) is 6.42 Å². The van der Waals surface area contributed by atoms with Gasteiger partial charge in [0.25, 0.3) is 5.91 Å². The number of methoxy groups -OCH3 is 1. The number of anilines is 1. The molecule has 0 spiro atoms. The van der Waals surface area contributed by atoms with Gasteiger partial charge in [-0.3, -0.25) is 4.79 Å². The second-order valence-electron chi connectivity index (χ2n) is 6.87. The Labute approximate surface area is 180 Å². The van der Waals surface area contributed by atoms with Gasteiger partial charge in [0.2, 0.25) is 0 Å². The summed E-state index contributed by atoms with van der Waals surface area (Å²) in [6.07, 6.45) is 3.84. The maximum Gasteiger partial charge on any atom is 0.272 e. The molecule has 2 aromatic carbocycles. The lowest BCUT2D eigenvalue weighted by molar-refractivity contribution is 0.102. The van der Waals surface area contributed by atoms with Crippen LogP contribution in [0.1, 0.15) is 16.9 Å². The molecule has 0 fully saturated rings. The normalized spacial score (nSPS) is 10.7. The van der Waals surface area contributed by atoms with E-state index in [2.05, 4.69) is 15.3 Å². The SMILES string of the molecule is COCCCOc1ccccc1-c1ccc(C(=O)Nc2ccc(-c3cnco3)cc2)[nH]1. The van der Waals surface area contributed by atoms with Gasteiger partial charge in [-0.25, -0.2) is 4.98 Å². The van der Waals surface area contributed by atoms with Crippen molar-refractivity contribution in [3.63, 3.8) is 0 Å². The Kier molecular flexibility index (Phi) is 6.44. The molecule has 1 amide bonds. The van der Waals surface area contributed by atoms with Gasteiger partial charge >= 0.3 is 0 Å². The van der Waals surface area contributed by atoms with Gasteiger partial charge in [-0.1, -0.05) is 12.1 Å². The fourth-order valence-electron chi connectivity index (χ4n) is 3.16. The van der Waals surface area contributed by atoms with Crippen molar-refractivity contribution in [1.29, 1.82) is 0 Å². The summed E-state index contributed by atoms with van der Waals surface area (Å²) in [6, 6.07) is 18.8. The third-order valence-corrected chi connectivity index (χ3v) is 4.72. The Morgan fingerprint density at radius 3 is 2.68 bits per heavy atom. The molecule has 2 N–H and O–H groups in total. The van der Waals surface area contributed by atoms with Crippen LogP contribution in [0.25, 0.3) is 22.6 Å². The topological polar surface area (TPSA) is 89.4 Å². The largest absolute Gasteiger partial charge is 0.493 e. The molecule has 31 heavy (non-hydrogen) atoms. The minimum Gasteiger partial charge on any atom is -0.493 e. The van der Waals surface area contributed by atoms with Crippen LogP contribution in [-0.4, -0.2) is 36.2 Å². The number of hydrogen-bond acceptors (Lipinski definition) is 5. The highest BCUT2D eigenvalue weighted by Gasteiger charge is 2.13. The Hall–Kier alpha value is -3.84. The van der Waals surface area contributed by atoms with Crippen LogP contribution in [0.4, 0.5) is 5.69 Å². The Balaban J connectivity index is 1.43.